The number of amides is 1. The van der Waals surface area contributed by atoms with E-state index in [0.717, 1.165) is 54.8 Å². The highest BCUT2D eigenvalue weighted by molar-refractivity contribution is 7.89. The summed E-state index contributed by atoms with van der Waals surface area (Å²) in [6.45, 7) is -1.08. The van der Waals surface area contributed by atoms with Gasteiger partial charge in [-0.15, -0.1) is 0 Å². The Labute approximate surface area is 288 Å². The quantitative estimate of drug-likeness (QED) is 0.0772. The Morgan fingerprint density at radius 1 is 0.824 bits per heavy atom. The van der Waals surface area contributed by atoms with Crippen molar-refractivity contribution in [2.75, 3.05) is 11.4 Å². The van der Waals surface area contributed by atoms with Crippen LogP contribution in [0.5, 0.6) is 0 Å². The molecular weight excluding hydrogens is 702 g/mol. The molecule has 4 aromatic rings. The van der Waals surface area contributed by atoms with Gasteiger partial charge in [-0.25, -0.2) is 39.6 Å². The number of halogens is 6. The van der Waals surface area contributed by atoms with E-state index in [1.54, 1.807) is 36.5 Å². The summed E-state index contributed by atoms with van der Waals surface area (Å²) >= 11 is 0. The molecule has 1 aliphatic heterocycles. The Kier molecular flexibility index (Phi) is 10.4. The van der Waals surface area contributed by atoms with Crippen LogP contribution in [0.1, 0.15) is 71.8 Å². The number of esters is 1. The SMILES string of the molecule is O=C(OCc1ccccc1)c1ccc(N(Cc2cnc(C3CCCCC3)cn2)C(=O)[C@H]2CCN2S(=O)(=O)c2c(F)c(F)c(F)c(F)c2F)c(F)c1. The van der Waals surface area contributed by atoms with Gasteiger partial charge in [-0.1, -0.05) is 49.6 Å². The lowest BCUT2D eigenvalue weighted by molar-refractivity contribution is -0.125. The Hall–Kier alpha value is -4.83. The Balaban J connectivity index is 1.30. The largest absolute Gasteiger partial charge is 0.457 e. The number of aromatic nitrogens is 2. The standard InChI is InChI=1S/C35H30F6N4O5S/c36-24-15-22(35(47)50-19-20-7-3-1-4-8-20)11-12-26(24)44(18-23-16-43-25(17-42-23)21-9-5-2-6-10-21)34(46)27-13-14-45(27)51(48,49)33-31(40)29(38)28(37)30(39)32(33)41/h1,3-4,7-8,11-12,15-17,21,27H,2,5-6,9-10,13-14,18-19H2/t27-/m1/s1. The zero-order chi connectivity index (χ0) is 36.4. The van der Waals surface area contributed by atoms with E-state index in [0.29, 0.717) is 5.56 Å². The number of sulfonamides is 1. The molecule has 51 heavy (non-hydrogen) atoms. The highest BCUT2D eigenvalue weighted by Crippen LogP contribution is 2.36. The number of anilines is 1. The third-order valence-electron chi connectivity index (χ3n) is 9.01. The van der Waals surface area contributed by atoms with Crippen LogP contribution in [-0.2, 0) is 32.7 Å². The van der Waals surface area contributed by atoms with Crippen LogP contribution in [0.15, 0.2) is 65.8 Å². The van der Waals surface area contributed by atoms with Crippen molar-refractivity contribution in [3.63, 3.8) is 0 Å². The normalized spacial score (nSPS) is 16.8. The molecule has 268 valence electrons. The van der Waals surface area contributed by atoms with Gasteiger partial charge in [0.05, 0.1) is 35.4 Å². The number of benzene rings is 3. The summed E-state index contributed by atoms with van der Waals surface area (Å²) in [6.07, 6.45) is 7.75. The van der Waals surface area contributed by atoms with Gasteiger partial charge in [0.15, 0.2) is 28.2 Å². The van der Waals surface area contributed by atoms with Crippen molar-refractivity contribution in [1.29, 1.82) is 0 Å². The van der Waals surface area contributed by atoms with Gasteiger partial charge in [-0.05, 0) is 43.0 Å². The Morgan fingerprint density at radius 2 is 1.49 bits per heavy atom. The van der Waals surface area contributed by atoms with E-state index in [1.165, 1.54) is 12.3 Å². The summed E-state index contributed by atoms with van der Waals surface area (Å²) in [4.78, 5) is 34.3. The van der Waals surface area contributed by atoms with Crippen LogP contribution in [0.2, 0.25) is 0 Å². The van der Waals surface area contributed by atoms with Crippen molar-refractivity contribution in [2.45, 2.75) is 68.5 Å². The van der Waals surface area contributed by atoms with Crippen LogP contribution in [0.3, 0.4) is 0 Å². The summed E-state index contributed by atoms with van der Waals surface area (Å²) in [5.41, 5.74) is 0.969. The zero-order valence-corrected chi connectivity index (χ0v) is 27.6. The fourth-order valence-electron chi connectivity index (χ4n) is 6.16. The van der Waals surface area contributed by atoms with Crippen LogP contribution < -0.4 is 4.90 Å². The monoisotopic (exact) mass is 732 g/mol. The van der Waals surface area contributed by atoms with E-state index >= 15 is 4.39 Å². The maximum Gasteiger partial charge on any atom is 0.338 e. The molecule has 1 aliphatic carbocycles. The van der Waals surface area contributed by atoms with E-state index < -0.39 is 86.5 Å². The van der Waals surface area contributed by atoms with Gasteiger partial charge in [-0.2, -0.15) is 4.31 Å². The molecule has 9 nitrogen and oxygen atoms in total. The van der Waals surface area contributed by atoms with Crippen LogP contribution >= 0.6 is 0 Å². The zero-order valence-electron chi connectivity index (χ0n) is 26.8. The minimum Gasteiger partial charge on any atom is -0.457 e. The van der Waals surface area contributed by atoms with E-state index in [2.05, 4.69) is 9.97 Å². The maximum atomic E-state index is 15.8. The van der Waals surface area contributed by atoms with E-state index in [-0.39, 0.29) is 34.5 Å². The van der Waals surface area contributed by atoms with Crippen molar-refractivity contribution >= 4 is 27.6 Å². The lowest BCUT2D eigenvalue weighted by atomic mass is 9.87. The first-order valence-corrected chi connectivity index (χ1v) is 17.5. The Bertz CT molecular complexity index is 2040. The number of hydrogen-bond donors (Lipinski definition) is 0. The highest BCUT2D eigenvalue weighted by Gasteiger charge is 2.48. The van der Waals surface area contributed by atoms with Crippen molar-refractivity contribution < 1.29 is 49.1 Å². The molecule has 0 spiro atoms. The molecule has 2 heterocycles. The predicted molar refractivity (Wildman–Crippen MR) is 170 cm³/mol. The molecule has 0 N–H and O–H groups in total. The third-order valence-corrected chi connectivity index (χ3v) is 10.9. The minimum absolute atomic E-state index is 0.0990. The molecular formula is C35H30F6N4O5S. The van der Waals surface area contributed by atoms with Crippen LogP contribution in [0.25, 0.3) is 0 Å². The second kappa shape index (κ2) is 14.8. The molecule has 6 rings (SSSR count). The summed E-state index contributed by atoms with van der Waals surface area (Å²) in [7, 11) is -5.48. The van der Waals surface area contributed by atoms with Gasteiger partial charge in [0, 0.05) is 18.7 Å². The fraction of sp³-hybridized carbons (Fsp3) is 0.314. The van der Waals surface area contributed by atoms with Crippen molar-refractivity contribution in [3.8, 4) is 0 Å². The average Bonchev–Trinajstić information content (AvgIpc) is 3.11. The van der Waals surface area contributed by atoms with E-state index in [9.17, 15) is 40.0 Å². The van der Waals surface area contributed by atoms with Crippen LogP contribution in [-0.4, -0.2) is 47.2 Å². The topological polar surface area (TPSA) is 110 Å². The molecule has 3 aromatic carbocycles. The summed E-state index contributed by atoms with van der Waals surface area (Å²) in [6, 6.07) is 10.1. The smallest absolute Gasteiger partial charge is 0.338 e. The molecule has 1 aromatic heterocycles. The van der Waals surface area contributed by atoms with Crippen molar-refractivity contribution in [1.82, 2.24) is 14.3 Å². The molecule has 16 heteroatoms. The molecule has 1 saturated heterocycles. The number of rotatable bonds is 10. The van der Waals surface area contributed by atoms with Gasteiger partial charge in [0.1, 0.15) is 18.5 Å². The lowest BCUT2D eigenvalue weighted by Crippen LogP contribution is -2.59. The summed E-state index contributed by atoms with van der Waals surface area (Å²) < 4.78 is 119. The number of ether oxygens (including phenoxy) is 1. The van der Waals surface area contributed by atoms with Gasteiger partial charge >= 0.3 is 5.97 Å². The first-order chi connectivity index (χ1) is 24.4. The minimum atomic E-state index is -5.48. The van der Waals surface area contributed by atoms with Crippen molar-refractivity contribution in [3.05, 3.63) is 118 Å². The van der Waals surface area contributed by atoms with Gasteiger partial charge in [0.2, 0.25) is 21.7 Å². The number of carbonyl (C=O) groups is 2. The van der Waals surface area contributed by atoms with E-state index in [1.807, 2.05) is 0 Å². The molecule has 0 bridgehead atoms. The van der Waals surface area contributed by atoms with Crippen molar-refractivity contribution in [2.24, 2.45) is 0 Å². The highest BCUT2D eigenvalue weighted by atomic mass is 32.2. The molecule has 2 aliphatic rings. The summed E-state index contributed by atoms with van der Waals surface area (Å²) in [5, 5.41) is 0. The molecule has 1 amide bonds. The summed E-state index contributed by atoms with van der Waals surface area (Å²) in [5.74, 6) is -15.5. The maximum absolute atomic E-state index is 15.8. The molecule has 0 radical (unpaired) electrons. The second-order valence-electron chi connectivity index (χ2n) is 12.2. The lowest BCUT2D eigenvalue weighted by Gasteiger charge is -2.41. The predicted octanol–water partition coefficient (Wildman–Crippen LogP) is 6.71. The first kappa shape index (κ1) is 36.0. The molecule has 0 unspecified atom stereocenters. The fourth-order valence-corrected chi connectivity index (χ4v) is 7.91. The third kappa shape index (κ3) is 7.19. The van der Waals surface area contributed by atoms with Gasteiger partial charge < -0.3 is 9.64 Å². The second-order valence-corrected chi connectivity index (χ2v) is 14.1. The number of carbonyl (C=O) groups excluding carboxylic acids is 2. The number of nitrogens with zero attached hydrogens (tertiary/aromatic N) is 4. The van der Waals surface area contributed by atoms with Gasteiger partial charge in [-0.3, -0.25) is 14.8 Å². The van der Waals surface area contributed by atoms with Gasteiger partial charge in [0.25, 0.3) is 0 Å². The molecule has 1 saturated carbocycles. The number of hydrogen-bond acceptors (Lipinski definition) is 7. The Morgan fingerprint density at radius 3 is 2.08 bits per heavy atom. The molecule has 2 fully saturated rings. The first-order valence-electron chi connectivity index (χ1n) is 16.0. The van der Waals surface area contributed by atoms with Crippen LogP contribution in [0.4, 0.5) is 32.0 Å². The molecule has 1 atom stereocenters. The van der Waals surface area contributed by atoms with E-state index in [4.69, 9.17) is 4.74 Å². The average molecular weight is 733 g/mol. The van der Waals surface area contributed by atoms with Crippen LogP contribution in [0, 0.1) is 34.9 Å².